The molecule has 0 saturated carbocycles. The number of rotatable bonds is 4. The zero-order valence-corrected chi connectivity index (χ0v) is 9.07. The van der Waals surface area contributed by atoms with Gasteiger partial charge in [-0.2, -0.15) is 0 Å². The highest BCUT2D eigenvalue weighted by molar-refractivity contribution is 6.18. The summed E-state index contributed by atoms with van der Waals surface area (Å²) < 4.78 is 26.4. The third-order valence-electron chi connectivity index (χ3n) is 2.11. The van der Waals surface area contributed by atoms with Crippen molar-refractivity contribution in [3.05, 3.63) is 34.9 Å². The fourth-order valence-corrected chi connectivity index (χ4v) is 1.36. The lowest BCUT2D eigenvalue weighted by Crippen LogP contribution is -2.05. The first-order valence-corrected chi connectivity index (χ1v) is 5.15. The Hall–Kier alpha value is -0.960. The minimum absolute atomic E-state index is 0.142. The van der Waals surface area contributed by atoms with Crippen LogP contribution in [0.15, 0.2) is 12.1 Å². The maximum absolute atomic E-state index is 13.3. The van der Waals surface area contributed by atoms with Gasteiger partial charge in [0.15, 0.2) is 17.4 Å². The highest BCUT2D eigenvalue weighted by Crippen LogP contribution is 2.17. The van der Waals surface area contributed by atoms with Gasteiger partial charge in [0.05, 0.1) is 5.56 Å². The fourth-order valence-electron chi connectivity index (χ4n) is 1.22. The molecule has 0 spiro atoms. The second-order valence-corrected chi connectivity index (χ2v) is 3.65. The van der Waals surface area contributed by atoms with Crippen LogP contribution in [0, 0.1) is 18.6 Å². The molecule has 0 aromatic heterocycles. The van der Waals surface area contributed by atoms with Gasteiger partial charge in [-0.25, -0.2) is 8.78 Å². The summed E-state index contributed by atoms with van der Waals surface area (Å²) in [6, 6.07) is 2.71. The standard InChI is InChI=1S/C11H11ClF2O/c1-7-4-5-8(11(14)10(7)13)9(15)3-2-6-12/h4-5H,2-3,6H2,1H3. The van der Waals surface area contributed by atoms with Gasteiger partial charge in [-0.15, -0.1) is 11.6 Å². The summed E-state index contributed by atoms with van der Waals surface area (Å²) in [5, 5.41) is 0. The molecule has 1 aromatic rings. The highest BCUT2D eigenvalue weighted by Gasteiger charge is 2.16. The molecule has 0 saturated heterocycles. The van der Waals surface area contributed by atoms with Gasteiger partial charge in [-0.3, -0.25) is 4.79 Å². The molecule has 0 heterocycles. The first-order chi connectivity index (χ1) is 7.07. The third-order valence-corrected chi connectivity index (χ3v) is 2.38. The van der Waals surface area contributed by atoms with Crippen molar-refractivity contribution >= 4 is 17.4 Å². The molecule has 0 aliphatic carbocycles. The van der Waals surface area contributed by atoms with Crippen LogP contribution in [-0.2, 0) is 0 Å². The predicted octanol–water partition coefficient (Wildman–Crippen LogP) is 3.47. The number of halogens is 3. The number of aryl methyl sites for hydroxylation is 1. The monoisotopic (exact) mass is 232 g/mol. The highest BCUT2D eigenvalue weighted by atomic mass is 35.5. The Morgan fingerprint density at radius 3 is 2.60 bits per heavy atom. The van der Waals surface area contributed by atoms with Crippen molar-refractivity contribution in [3.8, 4) is 0 Å². The summed E-state index contributed by atoms with van der Waals surface area (Å²) in [7, 11) is 0. The Labute approximate surface area is 92.1 Å². The van der Waals surface area contributed by atoms with Crippen LogP contribution in [0.25, 0.3) is 0 Å². The normalized spacial score (nSPS) is 10.4. The summed E-state index contributed by atoms with van der Waals surface area (Å²) in [6.07, 6.45) is 0.609. The van der Waals surface area contributed by atoms with Crippen LogP contribution in [0.1, 0.15) is 28.8 Å². The van der Waals surface area contributed by atoms with Crippen LogP contribution in [0.5, 0.6) is 0 Å². The fraction of sp³-hybridized carbons (Fsp3) is 0.364. The zero-order chi connectivity index (χ0) is 11.4. The van der Waals surface area contributed by atoms with Crippen molar-refractivity contribution in [2.45, 2.75) is 19.8 Å². The number of benzene rings is 1. The summed E-state index contributed by atoms with van der Waals surface area (Å²) >= 11 is 5.41. The zero-order valence-electron chi connectivity index (χ0n) is 8.32. The van der Waals surface area contributed by atoms with Crippen LogP contribution < -0.4 is 0 Å². The Bertz CT molecular complexity index is 377. The van der Waals surface area contributed by atoms with Crippen LogP contribution in [0.4, 0.5) is 8.78 Å². The molecule has 0 atom stereocenters. The molecular formula is C11H11ClF2O. The Kier molecular flexibility index (Phi) is 4.21. The molecule has 0 unspecified atom stereocenters. The van der Waals surface area contributed by atoms with Gasteiger partial charge >= 0.3 is 0 Å². The molecule has 15 heavy (non-hydrogen) atoms. The Morgan fingerprint density at radius 2 is 2.00 bits per heavy atom. The van der Waals surface area contributed by atoms with E-state index in [2.05, 4.69) is 0 Å². The van der Waals surface area contributed by atoms with Gasteiger partial charge in [-0.05, 0) is 25.0 Å². The summed E-state index contributed by atoms with van der Waals surface area (Å²) in [5.41, 5.74) is 0.00427. The topological polar surface area (TPSA) is 17.1 Å². The van der Waals surface area contributed by atoms with Crippen LogP contribution in [0.3, 0.4) is 0 Å². The van der Waals surface area contributed by atoms with Crippen LogP contribution in [0.2, 0.25) is 0 Å². The number of ketones is 1. The molecule has 1 rings (SSSR count). The quantitative estimate of drug-likeness (QED) is 0.574. The minimum atomic E-state index is -1.06. The van der Waals surface area contributed by atoms with E-state index in [1.807, 2.05) is 0 Å². The van der Waals surface area contributed by atoms with Crippen molar-refractivity contribution in [3.63, 3.8) is 0 Å². The maximum atomic E-state index is 13.3. The van der Waals surface area contributed by atoms with Crippen LogP contribution in [-0.4, -0.2) is 11.7 Å². The summed E-state index contributed by atoms with van der Waals surface area (Å²) in [4.78, 5) is 11.4. The number of carbonyl (C=O) groups excluding carboxylic acids is 1. The first-order valence-electron chi connectivity index (χ1n) is 4.61. The lowest BCUT2D eigenvalue weighted by atomic mass is 10.0. The van der Waals surface area contributed by atoms with Gasteiger partial charge in [0.1, 0.15) is 0 Å². The van der Waals surface area contributed by atoms with E-state index in [-0.39, 0.29) is 17.5 Å². The second-order valence-electron chi connectivity index (χ2n) is 3.27. The smallest absolute Gasteiger partial charge is 0.169 e. The number of alkyl halides is 1. The van der Waals surface area contributed by atoms with E-state index in [0.717, 1.165) is 0 Å². The van der Waals surface area contributed by atoms with E-state index in [9.17, 15) is 13.6 Å². The molecular weight excluding hydrogens is 222 g/mol. The Balaban J connectivity index is 2.95. The van der Waals surface area contributed by atoms with Crippen molar-refractivity contribution in [1.82, 2.24) is 0 Å². The lowest BCUT2D eigenvalue weighted by Gasteiger charge is -2.04. The van der Waals surface area contributed by atoms with Gasteiger partial charge in [-0.1, -0.05) is 6.07 Å². The van der Waals surface area contributed by atoms with E-state index in [1.54, 1.807) is 0 Å². The van der Waals surface area contributed by atoms with Crippen molar-refractivity contribution in [2.24, 2.45) is 0 Å². The molecule has 1 aromatic carbocycles. The number of Topliss-reactive ketones (excluding diaryl/α,β-unsaturated/α-hetero) is 1. The number of hydrogen-bond acceptors (Lipinski definition) is 1. The van der Waals surface area contributed by atoms with E-state index < -0.39 is 17.4 Å². The number of carbonyl (C=O) groups is 1. The molecule has 1 nitrogen and oxygen atoms in total. The molecule has 0 N–H and O–H groups in total. The van der Waals surface area contributed by atoms with Crippen molar-refractivity contribution in [2.75, 3.05) is 5.88 Å². The first kappa shape index (κ1) is 12.1. The third kappa shape index (κ3) is 2.75. The molecule has 0 radical (unpaired) electrons. The van der Waals surface area contributed by atoms with Crippen molar-refractivity contribution < 1.29 is 13.6 Å². The maximum Gasteiger partial charge on any atom is 0.169 e. The van der Waals surface area contributed by atoms with Gasteiger partial charge in [0, 0.05) is 12.3 Å². The van der Waals surface area contributed by atoms with Crippen molar-refractivity contribution in [1.29, 1.82) is 0 Å². The average Bonchev–Trinajstić information content (AvgIpc) is 2.23. The number of hydrogen-bond donors (Lipinski definition) is 0. The molecule has 4 heteroatoms. The summed E-state index contributed by atoms with van der Waals surface area (Å²) in [5.74, 6) is -2.09. The molecule has 0 aliphatic rings. The SMILES string of the molecule is Cc1ccc(C(=O)CCCCl)c(F)c1F. The van der Waals surface area contributed by atoms with Crippen LogP contribution >= 0.6 is 11.6 Å². The van der Waals surface area contributed by atoms with E-state index in [1.165, 1.54) is 19.1 Å². The second kappa shape index (κ2) is 5.21. The molecule has 82 valence electrons. The molecule has 0 aliphatic heterocycles. The van der Waals surface area contributed by atoms with Gasteiger partial charge in [0.25, 0.3) is 0 Å². The molecule has 0 fully saturated rings. The Morgan fingerprint density at radius 1 is 1.33 bits per heavy atom. The van der Waals surface area contributed by atoms with E-state index in [4.69, 9.17) is 11.6 Å². The summed E-state index contributed by atoms with van der Waals surface area (Å²) in [6.45, 7) is 1.45. The van der Waals surface area contributed by atoms with Gasteiger partial charge in [0.2, 0.25) is 0 Å². The van der Waals surface area contributed by atoms with Gasteiger partial charge < -0.3 is 0 Å². The average molecular weight is 233 g/mol. The lowest BCUT2D eigenvalue weighted by molar-refractivity contribution is 0.0977. The molecule has 0 amide bonds. The van der Waals surface area contributed by atoms with E-state index in [0.29, 0.717) is 12.3 Å². The van der Waals surface area contributed by atoms with E-state index >= 15 is 0 Å². The molecule has 0 bridgehead atoms. The minimum Gasteiger partial charge on any atom is -0.294 e. The predicted molar refractivity (Wildman–Crippen MR) is 55.4 cm³/mol. The largest absolute Gasteiger partial charge is 0.294 e.